The van der Waals surface area contributed by atoms with Crippen molar-refractivity contribution in [2.45, 2.75) is 0 Å². The Kier molecular flexibility index (Phi) is 5.10. The molecule has 2 aliphatic rings. The molecule has 1 aromatic heterocycles. The molecule has 2 amide bonds. The van der Waals surface area contributed by atoms with E-state index in [1.807, 2.05) is 77.2 Å². The quantitative estimate of drug-likeness (QED) is 0.512. The summed E-state index contributed by atoms with van der Waals surface area (Å²) in [6.45, 7) is 2.32. The number of ether oxygens (including phenoxy) is 1. The van der Waals surface area contributed by atoms with Crippen molar-refractivity contribution >= 4 is 34.5 Å². The number of rotatable bonds is 3. The summed E-state index contributed by atoms with van der Waals surface area (Å²) in [4.78, 5) is 33.1. The molecule has 5 rings (SSSR count). The fourth-order valence-electron chi connectivity index (χ4n) is 3.95. The van der Waals surface area contributed by atoms with Gasteiger partial charge < -0.3 is 24.4 Å². The maximum atomic E-state index is 12.5. The summed E-state index contributed by atoms with van der Waals surface area (Å²) in [5, 5.41) is 3.96. The first kappa shape index (κ1) is 19.9. The lowest BCUT2D eigenvalue weighted by atomic mass is 10.2. The van der Waals surface area contributed by atoms with Gasteiger partial charge in [-0.2, -0.15) is 0 Å². The van der Waals surface area contributed by atoms with Crippen LogP contribution in [0, 0.1) is 0 Å². The van der Waals surface area contributed by atoms with Gasteiger partial charge in [-0.3, -0.25) is 0 Å². The highest BCUT2D eigenvalue weighted by molar-refractivity contribution is 6.12. The lowest BCUT2D eigenvalue weighted by molar-refractivity contribution is -0.130. The molecule has 1 saturated heterocycles. The van der Waals surface area contributed by atoms with Gasteiger partial charge in [0.15, 0.2) is 5.70 Å². The van der Waals surface area contributed by atoms with Crippen molar-refractivity contribution in [3.05, 3.63) is 78.3 Å². The Bertz CT molecular complexity index is 1240. The van der Waals surface area contributed by atoms with E-state index >= 15 is 0 Å². The molecule has 162 valence electrons. The normalized spacial score (nSPS) is 17.6. The summed E-state index contributed by atoms with van der Waals surface area (Å²) < 4.78 is 7.43. The summed E-state index contributed by atoms with van der Waals surface area (Å²) in [6.07, 6.45) is 1.73. The summed E-state index contributed by atoms with van der Waals surface area (Å²) in [7, 11) is 1.93. The number of fused-ring (bicyclic) bond motifs is 1. The number of nitrogens with one attached hydrogen (secondary N) is 1. The molecule has 0 atom stereocenters. The van der Waals surface area contributed by atoms with Crippen molar-refractivity contribution < 1.29 is 14.3 Å². The third-order valence-corrected chi connectivity index (χ3v) is 5.72. The number of hydrogen-bond acceptors (Lipinski definition) is 5. The molecule has 0 bridgehead atoms. The number of cyclic esters (lactones) is 1. The van der Waals surface area contributed by atoms with Crippen LogP contribution in [0.5, 0.6) is 0 Å². The smallest absolute Gasteiger partial charge is 0.365 e. The number of esters is 1. The molecule has 0 aliphatic carbocycles. The Morgan fingerprint density at radius 3 is 2.50 bits per heavy atom. The molecular formula is C24H23N5O3. The summed E-state index contributed by atoms with van der Waals surface area (Å²) in [5.74, 6) is -0.157. The van der Waals surface area contributed by atoms with Gasteiger partial charge in [-0.05, 0) is 24.3 Å². The minimum atomic E-state index is -0.463. The molecule has 8 heteroatoms. The predicted molar refractivity (Wildman–Crippen MR) is 122 cm³/mol. The van der Waals surface area contributed by atoms with Crippen LogP contribution < -0.4 is 5.32 Å². The minimum absolute atomic E-state index is 0.125. The number of hydrogen-bond donors (Lipinski definition) is 1. The van der Waals surface area contributed by atoms with Crippen molar-refractivity contribution in [2.24, 2.45) is 12.0 Å². The summed E-state index contributed by atoms with van der Waals surface area (Å²) >= 11 is 0. The van der Waals surface area contributed by atoms with Crippen LogP contribution in [0.3, 0.4) is 0 Å². The van der Waals surface area contributed by atoms with Crippen LogP contribution in [0.1, 0.15) is 5.69 Å². The molecule has 1 N–H and O–H groups in total. The van der Waals surface area contributed by atoms with Crippen molar-refractivity contribution in [3.63, 3.8) is 0 Å². The van der Waals surface area contributed by atoms with Gasteiger partial charge in [0.2, 0.25) is 5.90 Å². The highest BCUT2D eigenvalue weighted by Gasteiger charge is 2.28. The largest absolute Gasteiger partial charge is 0.400 e. The van der Waals surface area contributed by atoms with Crippen LogP contribution in [0.4, 0.5) is 10.5 Å². The van der Waals surface area contributed by atoms with Crippen LogP contribution >= 0.6 is 0 Å². The van der Waals surface area contributed by atoms with E-state index in [-0.39, 0.29) is 11.7 Å². The monoisotopic (exact) mass is 429 g/mol. The number of urea groups is 1. The zero-order valence-electron chi connectivity index (χ0n) is 17.7. The first-order chi connectivity index (χ1) is 15.6. The number of amides is 2. The van der Waals surface area contributed by atoms with Crippen molar-refractivity contribution in [1.29, 1.82) is 0 Å². The number of piperazine rings is 1. The van der Waals surface area contributed by atoms with Crippen LogP contribution in [0.25, 0.3) is 10.9 Å². The predicted octanol–water partition coefficient (Wildman–Crippen LogP) is 3.17. The zero-order chi connectivity index (χ0) is 22.1. The SMILES string of the molecule is Cn1c(C2=NC(=CN3CCN(C(=O)Nc4ccccc4)CC3)C(=O)O2)cc2ccccc21. The third kappa shape index (κ3) is 3.82. The lowest BCUT2D eigenvalue weighted by Crippen LogP contribution is -2.48. The Morgan fingerprint density at radius 2 is 1.75 bits per heavy atom. The zero-order valence-corrected chi connectivity index (χ0v) is 17.7. The standard InChI is InChI=1S/C24H23N5O3/c1-27-20-10-6-5-7-17(20)15-21(27)22-26-19(23(30)32-22)16-28-11-13-29(14-12-28)24(31)25-18-8-3-2-4-9-18/h2-10,15-16H,11-14H2,1H3,(H,25,31). The molecule has 0 radical (unpaired) electrons. The molecule has 2 aromatic carbocycles. The molecule has 3 aromatic rings. The van der Waals surface area contributed by atoms with E-state index in [1.165, 1.54) is 0 Å². The number of para-hydroxylation sites is 2. The van der Waals surface area contributed by atoms with Gasteiger partial charge in [-0.25, -0.2) is 14.6 Å². The van der Waals surface area contributed by atoms with Crippen LogP contribution in [-0.2, 0) is 16.6 Å². The highest BCUT2D eigenvalue weighted by atomic mass is 16.6. The number of carbonyl (C=O) groups is 2. The van der Waals surface area contributed by atoms with E-state index in [0.717, 1.165) is 22.3 Å². The average molecular weight is 429 g/mol. The second-order valence-corrected chi connectivity index (χ2v) is 7.79. The Labute approximate surface area is 185 Å². The summed E-state index contributed by atoms with van der Waals surface area (Å²) in [5.41, 5.74) is 2.84. The number of nitrogens with zero attached hydrogens (tertiary/aromatic N) is 4. The van der Waals surface area contributed by atoms with E-state index in [4.69, 9.17) is 4.74 Å². The fraction of sp³-hybridized carbons (Fsp3) is 0.208. The highest BCUT2D eigenvalue weighted by Crippen LogP contribution is 2.23. The van der Waals surface area contributed by atoms with Gasteiger partial charge in [-0.15, -0.1) is 0 Å². The van der Waals surface area contributed by atoms with Crippen LogP contribution in [-0.4, -0.2) is 58.4 Å². The molecule has 32 heavy (non-hydrogen) atoms. The maximum absolute atomic E-state index is 12.5. The molecular weight excluding hydrogens is 406 g/mol. The van der Waals surface area contributed by atoms with E-state index in [2.05, 4.69) is 10.3 Å². The van der Waals surface area contributed by atoms with Crippen molar-refractivity contribution in [3.8, 4) is 0 Å². The first-order valence-electron chi connectivity index (χ1n) is 10.5. The third-order valence-electron chi connectivity index (χ3n) is 5.72. The first-order valence-corrected chi connectivity index (χ1v) is 10.5. The van der Waals surface area contributed by atoms with Gasteiger partial charge in [-0.1, -0.05) is 36.4 Å². The molecule has 3 heterocycles. The lowest BCUT2D eigenvalue weighted by Gasteiger charge is -2.34. The Balaban J connectivity index is 1.25. The molecule has 2 aliphatic heterocycles. The van der Waals surface area contributed by atoms with E-state index in [1.54, 1.807) is 11.1 Å². The molecule has 0 spiro atoms. The average Bonchev–Trinajstić information content (AvgIpc) is 3.34. The second kappa shape index (κ2) is 8.22. The minimum Gasteiger partial charge on any atom is -0.400 e. The molecule has 0 saturated carbocycles. The summed E-state index contributed by atoms with van der Waals surface area (Å²) in [6, 6.07) is 19.2. The topological polar surface area (TPSA) is 79.2 Å². The van der Waals surface area contributed by atoms with Crippen LogP contribution in [0.2, 0.25) is 0 Å². The van der Waals surface area contributed by atoms with Gasteiger partial charge >= 0.3 is 12.0 Å². The van der Waals surface area contributed by atoms with Crippen LogP contribution in [0.15, 0.2) is 77.6 Å². The van der Waals surface area contributed by atoms with Gasteiger partial charge in [0.1, 0.15) is 5.69 Å². The van der Waals surface area contributed by atoms with E-state index in [0.29, 0.717) is 32.1 Å². The number of aromatic nitrogens is 1. The van der Waals surface area contributed by atoms with Gasteiger partial charge in [0.25, 0.3) is 0 Å². The molecule has 0 unspecified atom stereocenters. The fourth-order valence-corrected chi connectivity index (χ4v) is 3.95. The molecule has 8 nitrogen and oxygen atoms in total. The number of aliphatic imine (C=N–C) groups is 1. The maximum Gasteiger partial charge on any atom is 0.365 e. The van der Waals surface area contributed by atoms with E-state index in [9.17, 15) is 9.59 Å². The second-order valence-electron chi connectivity index (χ2n) is 7.79. The number of anilines is 1. The number of carbonyl (C=O) groups excluding carboxylic acids is 2. The van der Waals surface area contributed by atoms with Gasteiger partial charge in [0, 0.05) is 56.0 Å². The van der Waals surface area contributed by atoms with Gasteiger partial charge in [0.05, 0.1) is 0 Å². The van der Waals surface area contributed by atoms with E-state index < -0.39 is 5.97 Å². The molecule has 1 fully saturated rings. The van der Waals surface area contributed by atoms with Crippen molar-refractivity contribution in [2.75, 3.05) is 31.5 Å². The Hall–Kier alpha value is -4.07. The number of benzene rings is 2. The number of aryl methyl sites for hydroxylation is 1. The van der Waals surface area contributed by atoms with Crippen molar-refractivity contribution in [1.82, 2.24) is 14.4 Å². The Morgan fingerprint density at radius 1 is 1.03 bits per heavy atom.